The van der Waals surface area contributed by atoms with Crippen LogP contribution in [-0.2, 0) is 13.1 Å². The van der Waals surface area contributed by atoms with E-state index in [0.717, 1.165) is 41.5 Å². The first-order chi connectivity index (χ1) is 10.7. The molecule has 0 saturated carbocycles. The van der Waals surface area contributed by atoms with Crippen molar-refractivity contribution in [3.05, 3.63) is 71.9 Å². The number of benzene rings is 1. The minimum atomic E-state index is -0.447. The van der Waals surface area contributed by atoms with Gasteiger partial charge in [0.15, 0.2) is 11.5 Å². The van der Waals surface area contributed by atoms with Crippen LogP contribution < -0.4 is 5.32 Å². The highest BCUT2D eigenvalue weighted by Gasteiger charge is 2.08. The number of hydrogen-bond donors (Lipinski definition) is 2. The van der Waals surface area contributed by atoms with Crippen molar-refractivity contribution in [2.45, 2.75) is 26.1 Å². The summed E-state index contributed by atoms with van der Waals surface area (Å²) in [5, 5.41) is 11.7. The van der Waals surface area contributed by atoms with Gasteiger partial charge in [0.05, 0.1) is 12.4 Å². The normalized spacial score (nSPS) is 12.5. The number of quaternary nitrogens is 1. The summed E-state index contributed by atoms with van der Waals surface area (Å²) in [7, 11) is 0. The molecule has 0 fully saturated rings. The SMILES string of the molecule is C[C@@H](O)c1ccc(-c2ccc(C[NH2+]Cc3ccco3)o2)cc1. The summed E-state index contributed by atoms with van der Waals surface area (Å²) in [5.74, 6) is 2.74. The molecule has 114 valence electrons. The largest absolute Gasteiger partial charge is 0.463 e. The molecule has 0 saturated heterocycles. The fourth-order valence-electron chi connectivity index (χ4n) is 2.35. The lowest BCUT2D eigenvalue weighted by atomic mass is 10.1. The second-order valence-corrected chi connectivity index (χ2v) is 5.34. The van der Waals surface area contributed by atoms with E-state index in [4.69, 9.17) is 8.83 Å². The third-order valence-corrected chi connectivity index (χ3v) is 3.61. The lowest BCUT2D eigenvalue weighted by Gasteiger charge is -2.04. The van der Waals surface area contributed by atoms with E-state index in [-0.39, 0.29) is 0 Å². The Bertz CT molecular complexity index is 696. The number of nitrogens with two attached hydrogens (primary N) is 1. The third kappa shape index (κ3) is 3.47. The van der Waals surface area contributed by atoms with Gasteiger partial charge >= 0.3 is 0 Å². The van der Waals surface area contributed by atoms with Gasteiger partial charge in [-0.3, -0.25) is 0 Å². The molecule has 3 rings (SSSR count). The molecule has 1 aromatic carbocycles. The highest BCUT2D eigenvalue weighted by molar-refractivity contribution is 5.58. The van der Waals surface area contributed by atoms with Crippen molar-refractivity contribution in [3.63, 3.8) is 0 Å². The first kappa shape index (κ1) is 14.6. The topological polar surface area (TPSA) is 63.1 Å². The number of hydrogen-bond acceptors (Lipinski definition) is 3. The first-order valence-corrected chi connectivity index (χ1v) is 7.43. The first-order valence-electron chi connectivity index (χ1n) is 7.43. The van der Waals surface area contributed by atoms with E-state index in [1.807, 2.05) is 48.5 Å². The van der Waals surface area contributed by atoms with Crippen LogP contribution in [0.5, 0.6) is 0 Å². The number of aliphatic hydroxyl groups is 1. The summed E-state index contributed by atoms with van der Waals surface area (Å²) in [4.78, 5) is 0. The molecule has 0 unspecified atom stereocenters. The molecule has 2 aromatic heterocycles. The quantitative estimate of drug-likeness (QED) is 0.735. The van der Waals surface area contributed by atoms with Crippen molar-refractivity contribution in [3.8, 4) is 11.3 Å². The summed E-state index contributed by atoms with van der Waals surface area (Å²) in [6.45, 7) is 3.33. The standard InChI is InChI=1S/C18H19NO3/c1-13(20)14-4-6-15(7-5-14)18-9-8-17(22-18)12-19-11-16-3-2-10-21-16/h2-10,13,19-20H,11-12H2,1H3/p+1/t13-/m1/s1. The molecule has 0 amide bonds. The van der Waals surface area contributed by atoms with Gasteiger partial charge in [-0.05, 0) is 36.8 Å². The van der Waals surface area contributed by atoms with Crippen LogP contribution in [0.4, 0.5) is 0 Å². The molecular weight excluding hydrogens is 278 g/mol. The Morgan fingerprint density at radius 3 is 2.45 bits per heavy atom. The molecule has 2 heterocycles. The van der Waals surface area contributed by atoms with Gasteiger partial charge in [0.2, 0.25) is 0 Å². The van der Waals surface area contributed by atoms with Crippen molar-refractivity contribution in [2.24, 2.45) is 0 Å². The summed E-state index contributed by atoms with van der Waals surface area (Å²) in [6.07, 6.45) is 1.24. The van der Waals surface area contributed by atoms with Gasteiger partial charge in [0, 0.05) is 5.56 Å². The lowest BCUT2D eigenvalue weighted by molar-refractivity contribution is -0.689. The van der Waals surface area contributed by atoms with Crippen LogP contribution in [0.2, 0.25) is 0 Å². The Morgan fingerprint density at radius 2 is 1.77 bits per heavy atom. The van der Waals surface area contributed by atoms with E-state index in [1.54, 1.807) is 13.2 Å². The van der Waals surface area contributed by atoms with Gasteiger partial charge in [-0.15, -0.1) is 0 Å². The molecule has 0 aliphatic rings. The molecule has 0 bridgehead atoms. The van der Waals surface area contributed by atoms with Crippen LogP contribution >= 0.6 is 0 Å². The van der Waals surface area contributed by atoms with Crippen LogP contribution in [0.25, 0.3) is 11.3 Å². The summed E-state index contributed by atoms with van der Waals surface area (Å²) < 4.78 is 11.2. The molecule has 0 aliphatic heterocycles. The number of furan rings is 2. The van der Waals surface area contributed by atoms with E-state index in [1.165, 1.54) is 0 Å². The summed E-state index contributed by atoms with van der Waals surface area (Å²) >= 11 is 0. The van der Waals surface area contributed by atoms with Gasteiger partial charge in [-0.1, -0.05) is 24.3 Å². The highest BCUT2D eigenvalue weighted by atomic mass is 16.3. The second-order valence-electron chi connectivity index (χ2n) is 5.34. The maximum absolute atomic E-state index is 9.53. The molecule has 22 heavy (non-hydrogen) atoms. The van der Waals surface area contributed by atoms with Crippen molar-refractivity contribution >= 4 is 0 Å². The van der Waals surface area contributed by atoms with Crippen LogP contribution in [0.15, 0.2) is 63.6 Å². The maximum atomic E-state index is 9.53. The van der Waals surface area contributed by atoms with Crippen molar-refractivity contribution in [1.29, 1.82) is 0 Å². The van der Waals surface area contributed by atoms with Gasteiger partial charge < -0.3 is 19.3 Å². The van der Waals surface area contributed by atoms with E-state index in [2.05, 4.69) is 5.32 Å². The molecule has 4 nitrogen and oxygen atoms in total. The van der Waals surface area contributed by atoms with E-state index in [0.29, 0.717) is 0 Å². The molecule has 4 heteroatoms. The minimum Gasteiger partial charge on any atom is -0.463 e. The Labute approximate surface area is 129 Å². The molecule has 0 radical (unpaired) electrons. The zero-order valence-corrected chi connectivity index (χ0v) is 12.5. The second kappa shape index (κ2) is 6.64. The Morgan fingerprint density at radius 1 is 1.00 bits per heavy atom. The number of aliphatic hydroxyl groups excluding tert-OH is 1. The Balaban J connectivity index is 1.60. The molecule has 0 aliphatic carbocycles. The summed E-state index contributed by atoms with van der Waals surface area (Å²) in [5.41, 5.74) is 1.92. The summed E-state index contributed by atoms with van der Waals surface area (Å²) in [6, 6.07) is 15.6. The molecule has 1 atom stereocenters. The van der Waals surface area contributed by atoms with E-state index >= 15 is 0 Å². The average molecular weight is 298 g/mol. The third-order valence-electron chi connectivity index (χ3n) is 3.61. The maximum Gasteiger partial charge on any atom is 0.158 e. The van der Waals surface area contributed by atoms with Crippen LogP contribution in [0.1, 0.15) is 30.1 Å². The van der Waals surface area contributed by atoms with Gasteiger partial charge in [0.25, 0.3) is 0 Å². The van der Waals surface area contributed by atoms with Crippen molar-refractivity contribution < 1.29 is 19.3 Å². The van der Waals surface area contributed by atoms with E-state index < -0.39 is 6.10 Å². The molecule has 3 aromatic rings. The average Bonchev–Trinajstić information content (AvgIpc) is 3.19. The minimum absolute atomic E-state index is 0.447. The van der Waals surface area contributed by atoms with Crippen LogP contribution in [-0.4, -0.2) is 5.11 Å². The predicted molar refractivity (Wildman–Crippen MR) is 82.8 cm³/mol. The fraction of sp³-hybridized carbons (Fsp3) is 0.222. The predicted octanol–water partition coefficient (Wildman–Crippen LogP) is 2.86. The monoisotopic (exact) mass is 298 g/mol. The van der Waals surface area contributed by atoms with Crippen molar-refractivity contribution in [1.82, 2.24) is 0 Å². The zero-order valence-electron chi connectivity index (χ0n) is 12.5. The fourth-order valence-corrected chi connectivity index (χ4v) is 2.35. The smallest absolute Gasteiger partial charge is 0.158 e. The zero-order chi connectivity index (χ0) is 15.4. The molecule has 0 spiro atoms. The van der Waals surface area contributed by atoms with Gasteiger partial charge in [0.1, 0.15) is 18.8 Å². The van der Waals surface area contributed by atoms with E-state index in [9.17, 15) is 5.11 Å². The Kier molecular flexibility index (Phi) is 4.42. The van der Waals surface area contributed by atoms with Crippen LogP contribution in [0.3, 0.4) is 0 Å². The van der Waals surface area contributed by atoms with Crippen molar-refractivity contribution in [2.75, 3.05) is 0 Å². The van der Waals surface area contributed by atoms with Gasteiger partial charge in [-0.2, -0.15) is 0 Å². The number of rotatable bonds is 6. The lowest BCUT2D eigenvalue weighted by Crippen LogP contribution is -2.80. The molecule has 3 N–H and O–H groups in total. The molecular formula is C18H20NO3+. The highest BCUT2D eigenvalue weighted by Crippen LogP contribution is 2.23. The van der Waals surface area contributed by atoms with Gasteiger partial charge in [-0.25, -0.2) is 0 Å². The van der Waals surface area contributed by atoms with Crippen LogP contribution in [0, 0.1) is 0 Å². The Hall–Kier alpha value is -2.30.